The predicted molar refractivity (Wildman–Crippen MR) is 130 cm³/mol. The summed E-state index contributed by atoms with van der Waals surface area (Å²) in [5, 5.41) is 12.0. The van der Waals surface area contributed by atoms with Gasteiger partial charge in [-0.3, -0.25) is 4.98 Å². The number of aliphatic hydroxyl groups is 1. The number of rotatable bonds is 8. The van der Waals surface area contributed by atoms with Gasteiger partial charge in [0.05, 0.1) is 24.9 Å². The van der Waals surface area contributed by atoms with Crippen LogP contribution in [0.25, 0.3) is 0 Å². The van der Waals surface area contributed by atoms with Gasteiger partial charge in [-0.25, -0.2) is 8.42 Å². The molecule has 4 rings (SSSR count). The topological polar surface area (TPSA) is 83.0 Å². The van der Waals surface area contributed by atoms with Crippen molar-refractivity contribution < 1.29 is 18.3 Å². The van der Waals surface area contributed by atoms with E-state index in [-0.39, 0.29) is 6.04 Å². The van der Waals surface area contributed by atoms with Crippen LogP contribution in [0.3, 0.4) is 0 Å². The fourth-order valence-electron chi connectivity index (χ4n) is 3.92. The number of aromatic nitrogens is 1. The number of pyridine rings is 1. The molecule has 3 aromatic rings. The largest absolute Gasteiger partial charge is 0.386 e. The molecule has 1 fully saturated rings. The normalized spacial score (nSPS) is 17.9. The minimum absolute atomic E-state index is 0.154. The molecule has 33 heavy (non-hydrogen) atoms. The highest BCUT2D eigenvalue weighted by Gasteiger charge is 2.35. The summed E-state index contributed by atoms with van der Waals surface area (Å²) >= 11 is 1.24. The van der Waals surface area contributed by atoms with Crippen LogP contribution in [0, 0.1) is 0 Å². The third-order valence-corrected chi connectivity index (χ3v) is 8.98. The number of ether oxygens (including phenoxy) is 1. The Bertz CT molecular complexity index is 1130. The van der Waals surface area contributed by atoms with Gasteiger partial charge in [-0.2, -0.15) is 4.31 Å². The maximum absolute atomic E-state index is 13.1. The molecule has 0 aliphatic carbocycles. The van der Waals surface area contributed by atoms with Crippen molar-refractivity contribution in [1.82, 2.24) is 9.29 Å². The Labute approximate surface area is 199 Å². The third kappa shape index (κ3) is 5.62. The molecule has 0 unspecified atom stereocenters. The molecular weight excluding hydrogens is 458 g/mol. The standard InChI is InChI=1S/C24H29N3O4S2/c1-24(2,28)20-7-9-21(10-8-20)27-13-12-26(33(29,30)23-6-4-14-32-23)16-22(27)18-31-17-19-5-3-11-25-15-19/h3-11,14-15,22,28H,12-13,16-18H2,1-2H3/t22-/m1/s1. The number of anilines is 1. The number of thiophene rings is 1. The molecule has 3 heterocycles. The summed E-state index contributed by atoms with van der Waals surface area (Å²) in [4.78, 5) is 6.31. The summed E-state index contributed by atoms with van der Waals surface area (Å²) in [5.41, 5.74) is 1.86. The molecule has 0 saturated carbocycles. The quantitative estimate of drug-likeness (QED) is 0.524. The van der Waals surface area contributed by atoms with Crippen LogP contribution in [0.15, 0.2) is 70.5 Å². The van der Waals surface area contributed by atoms with Crippen LogP contribution in [0.5, 0.6) is 0 Å². The maximum Gasteiger partial charge on any atom is 0.252 e. The molecular formula is C24H29N3O4S2. The smallest absolute Gasteiger partial charge is 0.252 e. The van der Waals surface area contributed by atoms with E-state index < -0.39 is 15.6 Å². The minimum Gasteiger partial charge on any atom is -0.386 e. The van der Waals surface area contributed by atoms with Crippen molar-refractivity contribution in [2.24, 2.45) is 0 Å². The first-order chi connectivity index (χ1) is 15.7. The summed E-state index contributed by atoms with van der Waals surface area (Å²) in [6.07, 6.45) is 3.48. The molecule has 2 aromatic heterocycles. The fourth-order valence-corrected chi connectivity index (χ4v) is 6.54. The molecule has 1 saturated heterocycles. The van der Waals surface area contributed by atoms with Crippen LogP contribution in [-0.4, -0.2) is 55.1 Å². The van der Waals surface area contributed by atoms with E-state index >= 15 is 0 Å². The predicted octanol–water partition coefficient (Wildman–Crippen LogP) is 3.47. The van der Waals surface area contributed by atoms with E-state index in [4.69, 9.17) is 4.74 Å². The second-order valence-corrected chi connectivity index (χ2v) is 11.7. The first-order valence-corrected chi connectivity index (χ1v) is 13.2. The number of hydrogen-bond acceptors (Lipinski definition) is 7. The Hall–Kier alpha value is -2.30. The van der Waals surface area contributed by atoms with Crippen molar-refractivity contribution in [2.45, 2.75) is 36.3 Å². The second kappa shape index (κ2) is 9.90. The zero-order valence-electron chi connectivity index (χ0n) is 18.8. The van der Waals surface area contributed by atoms with Crippen LogP contribution in [0.2, 0.25) is 0 Å². The average molecular weight is 488 g/mol. The van der Waals surface area contributed by atoms with Gasteiger partial charge >= 0.3 is 0 Å². The second-order valence-electron chi connectivity index (χ2n) is 8.62. The molecule has 1 aliphatic rings. The first kappa shape index (κ1) is 23.8. The summed E-state index contributed by atoms with van der Waals surface area (Å²) in [6.45, 7) is 5.57. The highest BCUT2D eigenvalue weighted by atomic mass is 32.2. The number of benzene rings is 1. The Balaban J connectivity index is 1.53. The van der Waals surface area contributed by atoms with Crippen molar-refractivity contribution in [3.8, 4) is 0 Å². The molecule has 1 aromatic carbocycles. The van der Waals surface area contributed by atoms with E-state index in [9.17, 15) is 13.5 Å². The van der Waals surface area contributed by atoms with Gasteiger partial charge in [-0.1, -0.05) is 24.3 Å². The number of nitrogens with zero attached hydrogens (tertiary/aromatic N) is 3. The fraction of sp³-hybridized carbons (Fsp3) is 0.375. The maximum atomic E-state index is 13.1. The zero-order chi connectivity index (χ0) is 23.5. The lowest BCUT2D eigenvalue weighted by molar-refractivity contribution is 0.0785. The lowest BCUT2D eigenvalue weighted by Gasteiger charge is -2.42. The summed E-state index contributed by atoms with van der Waals surface area (Å²) in [5.74, 6) is 0. The Morgan fingerprint density at radius 1 is 1.15 bits per heavy atom. The molecule has 1 aliphatic heterocycles. The zero-order valence-corrected chi connectivity index (χ0v) is 20.4. The molecule has 0 bridgehead atoms. The van der Waals surface area contributed by atoms with Crippen LogP contribution in [0.1, 0.15) is 25.0 Å². The molecule has 1 atom stereocenters. The summed E-state index contributed by atoms with van der Waals surface area (Å²) in [6, 6.07) is 14.9. The minimum atomic E-state index is -3.53. The van der Waals surface area contributed by atoms with Crippen molar-refractivity contribution >= 4 is 27.0 Å². The van der Waals surface area contributed by atoms with E-state index in [2.05, 4.69) is 9.88 Å². The van der Waals surface area contributed by atoms with Gasteiger partial charge in [0.2, 0.25) is 0 Å². The van der Waals surface area contributed by atoms with Gasteiger partial charge < -0.3 is 14.7 Å². The molecule has 1 N–H and O–H groups in total. The Morgan fingerprint density at radius 3 is 2.58 bits per heavy atom. The van der Waals surface area contributed by atoms with Gasteiger partial charge in [0.1, 0.15) is 4.21 Å². The Morgan fingerprint density at radius 2 is 1.94 bits per heavy atom. The molecule has 0 amide bonds. The van der Waals surface area contributed by atoms with E-state index in [1.54, 1.807) is 48.1 Å². The average Bonchev–Trinajstić information content (AvgIpc) is 3.35. The van der Waals surface area contributed by atoms with E-state index in [0.717, 1.165) is 16.8 Å². The van der Waals surface area contributed by atoms with Crippen molar-refractivity contribution in [1.29, 1.82) is 0 Å². The van der Waals surface area contributed by atoms with Crippen LogP contribution >= 0.6 is 11.3 Å². The lowest BCUT2D eigenvalue weighted by atomic mass is 9.98. The van der Waals surface area contributed by atoms with Gasteiger partial charge in [0.25, 0.3) is 10.0 Å². The highest BCUT2D eigenvalue weighted by Crippen LogP contribution is 2.29. The number of piperazine rings is 1. The third-order valence-electron chi connectivity index (χ3n) is 5.74. The molecule has 9 heteroatoms. The van der Waals surface area contributed by atoms with Crippen LogP contribution < -0.4 is 4.90 Å². The molecule has 176 valence electrons. The number of sulfonamides is 1. The van der Waals surface area contributed by atoms with Crippen molar-refractivity contribution in [3.05, 3.63) is 77.4 Å². The monoisotopic (exact) mass is 487 g/mol. The van der Waals surface area contributed by atoms with Gasteiger partial charge in [0.15, 0.2) is 0 Å². The van der Waals surface area contributed by atoms with Crippen LogP contribution in [-0.2, 0) is 27.0 Å². The van der Waals surface area contributed by atoms with E-state index in [1.165, 1.54) is 11.3 Å². The van der Waals surface area contributed by atoms with E-state index in [1.807, 2.05) is 36.4 Å². The molecule has 0 spiro atoms. The van der Waals surface area contributed by atoms with Crippen molar-refractivity contribution in [3.63, 3.8) is 0 Å². The summed E-state index contributed by atoms with van der Waals surface area (Å²) in [7, 11) is -3.53. The first-order valence-electron chi connectivity index (χ1n) is 10.8. The van der Waals surface area contributed by atoms with Gasteiger partial charge in [-0.05, 0) is 54.6 Å². The van der Waals surface area contributed by atoms with E-state index in [0.29, 0.717) is 37.1 Å². The van der Waals surface area contributed by atoms with Gasteiger partial charge in [0, 0.05) is 37.7 Å². The molecule has 7 nitrogen and oxygen atoms in total. The summed E-state index contributed by atoms with van der Waals surface area (Å²) < 4.78 is 34.2. The lowest BCUT2D eigenvalue weighted by Crippen LogP contribution is -2.56. The van der Waals surface area contributed by atoms with Gasteiger partial charge in [-0.15, -0.1) is 11.3 Å². The number of hydrogen-bond donors (Lipinski definition) is 1. The SMILES string of the molecule is CC(C)(O)c1ccc(N2CCN(S(=O)(=O)c3cccs3)C[C@@H]2COCc2cccnc2)cc1. The molecule has 0 radical (unpaired) electrons. The Kier molecular flexibility index (Phi) is 7.16. The van der Waals surface area contributed by atoms with Crippen molar-refractivity contribution in [2.75, 3.05) is 31.1 Å². The van der Waals surface area contributed by atoms with Crippen LogP contribution in [0.4, 0.5) is 5.69 Å². The highest BCUT2D eigenvalue weighted by molar-refractivity contribution is 7.91.